The van der Waals surface area contributed by atoms with Crippen LogP contribution in [0.25, 0.3) is 0 Å². The van der Waals surface area contributed by atoms with Gasteiger partial charge in [0.15, 0.2) is 0 Å². The smallest absolute Gasteiger partial charge is 0.246 e. The molecule has 0 fully saturated rings. The highest BCUT2D eigenvalue weighted by Crippen LogP contribution is 2.13. The van der Waals surface area contributed by atoms with E-state index in [1.807, 2.05) is 12.1 Å². The summed E-state index contributed by atoms with van der Waals surface area (Å²) in [5.74, 6) is 0.507. The molecule has 63 valence electrons. The van der Waals surface area contributed by atoms with E-state index in [1.54, 1.807) is 24.5 Å². The van der Waals surface area contributed by atoms with Gasteiger partial charge in [-0.3, -0.25) is 0 Å². The highest BCUT2D eigenvalue weighted by atomic mass is 15.2. The lowest BCUT2D eigenvalue weighted by Crippen LogP contribution is -1.64. The molecule has 4 nitrogen and oxygen atoms in total. The van der Waals surface area contributed by atoms with Gasteiger partial charge in [0.05, 0.1) is 5.69 Å². The molecular formula is C9H7N4. The quantitative estimate of drug-likeness (QED) is 0.694. The second-order valence-electron chi connectivity index (χ2n) is 2.37. The molecule has 1 aromatic carbocycles. The van der Waals surface area contributed by atoms with Crippen LogP contribution >= 0.6 is 0 Å². The van der Waals surface area contributed by atoms with Crippen molar-refractivity contribution in [3.63, 3.8) is 0 Å². The number of H-pyrrole nitrogens is 1. The Hall–Kier alpha value is -1.97. The molecule has 0 aliphatic rings. The van der Waals surface area contributed by atoms with Crippen LogP contribution in [0.1, 0.15) is 0 Å². The van der Waals surface area contributed by atoms with Crippen molar-refractivity contribution in [2.24, 2.45) is 10.2 Å². The zero-order chi connectivity index (χ0) is 8.93. The lowest BCUT2D eigenvalue weighted by Gasteiger charge is -1.87. The molecule has 1 heterocycles. The highest BCUT2D eigenvalue weighted by Gasteiger charge is 1.88. The SMILES string of the molecule is [c]1ccc(N=Nc2ncc[nH]2)cc1. The predicted molar refractivity (Wildman–Crippen MR) is 48.0 cm³/mol. The molecule has 0 bridgehead atoms. The molecule has 1 aromatic heterocycles. The summed E-state index contributed by atoms with van der Waals surface area (Å²) in [5.41, 5.74) is 0.787. The van der Waals surface area contributed by atoms with Gasteiger partial charge in [0.1, 0.15) is 0 Å². The summed E-state index contributed by atoms with van der Waals surface area (Å²) in [4.78, 5) is 6.74. The summed E-state index contributed by atoms with van der Waals surface area (Å²) in [6.07, 6.45) is 3.33. The Morgan fingerprint density at radius 1 is 1.23 bits per heavy atom. The van der Waals surface area contributed by atoms with Crippen LogP contribution in [0.4, 0.5) is 11.6 Å². The van der Waals surface area contributed by atoms with Gasteiger partial charge < -0.3 is 4.98 Å². The lowest BCUT2D eigenvalue weighted by molar-refractivity contribution is 1.12. The largest absolute Gasteiger partial charge is 0.328 e. The van der Waals surface area contributed by atoms with Gasteiger partial charge in [-0.25, -0.2) is 4.98 Å². The van der Waals surface area contributed by atoms with E-state index in [2.05, 4.69) is 26.3 Å². The molecule has 2 aromatic rings. The average Bonchev–Trinajstić information content (AvgIpc) is 2.69. The number of rotatable bonds is 2. The fourth-order valence-corrected chi connectivity index (χ4v) is 0.861. The number of imidazole rings is 1. The number of hydrogen-bond acceptors (Lipinski definition) is 3. The van der Waals surface area contributed by atoms with E-state index in [0.29, 0.717) is 5.95 Å². The number of nitrogens with zero attached hydrogens (tertiary/aromatic N) is 3. The first kappa shape index (κ1) is 7.67. The highest BCUT2D eigenvalue weighted by molar-refractivity contribution is 5.35. The van der Waals surface area contributed by atoms with Gasteiger partial charge in [-0.1, -0.05) is 12.1 Å². The molecule has 0 amide bonds. The summed E-state index contributed by atoms with van der Waals surface area (Å²) in [5, 5.41) is 7.84. The molecular weight excluding hydrogens is 164 g/mol. The van der Waals surface area contributed by atoms with Crippen molar-refractivity contribution in [2.45, 2.75) is 0 Å². The average molecular weight is 171 g/mol. The third kappa shape index (κ3) is 1.99. The molecule has 2 rings (SSSR count). The molecule has 0 spiro atoms. The summed E-state index contributed by atoms with van der Waals surface area (Å²) in [6.45, 7) is 0. The van der Waals surface area contributed by atoms with Crippen LogP contribution in [0.15, 0.2) is 46.9 Å². The first-order valence-electron chi connectivity index (χ1n) is 3.82. The maximum atomic E-state index is 3.96. The van der Waals surface area contributed by atoms with Crippen molar-refractivity contribution in [3.05, 3.63) is 42.7 Å². The van der Waals surface area contributed by atoms with Gasteiger partial charge in [-0.15, -0.1) is 10.2 Å². The van der Waals surface area contributed by atoms with E-state index in [-0.39, 0.29) is 0 Å². The molecule has 0 aliphatic heterocycles. The van der Waals surface area contributed by atoms with E-state index in [4.69, 9.17) is 0 Å². The van der Waals surface area contributed by atoms with Crippen LogP contribution in [0.3, 0.4) is 0 Å². The van der Waals surface area contributed by atoms with Gasteiger partial charge in [0.25, 0.3) is 0 Å². The van der Waals surface area contributed by atoms with E-state index in [0.717, 1.165) is 5.69 Å². The van der Waals surface area contributed by atoms with Crippen LogP contribution < -0.4 is 0 Å². The number of benzene rings is 1. The second kappa shape index (κ2) is 3.62. The van der Waals surface area contributed by atoms with Crippen molar-refractivity contribution in [1.29, 1.82) is 0 Å². The number of azo groups is 1. The fourth-order valence-electron chi connectivity index (χ4n) is 0.861. The summed E-state index contributed by atoms with van der Waals surface area (Å²) >= 11 is 0. The van der Waals surface area contributed by atoms with Crippen molar-refractivity contribution in [1.82, 2.24) is 9.97 Å². The second-order valence-corrected chi connectivity index (χ2v) is 2.37. The maximum absolute atomic E-state index is 3.96. The Morgan fingerprint density at radius 3 is 2.77 bits per heavy atom. The third-order valence-electron chi connectivity index (χ3n) is 1.44. The Kier molecular flexibility index (Phi) is 2.14. The van der Waals surface area contributed by atoms with Crippen LogP contribution in [0.2, 0.25) is 0 Å². The van der Waals surface area contributed by atoms with Gasteiger partial charge in [-0.2, -0.15) is 0 Å². The Bertz CT molecular complexity index is 377. The van der Waals surface area contributed by atoms with E-state index in [9.17, 15) is 0 Å². The van der Waals surface area contributed by atoms with E-state index >= 15 is 0 Å². The molecule has 1 radical (unpaired) electrons. The minimum atomic E-state index is 0.507. The Balaban J connectivity index is 2.15. The van der Waals surface area contributed by atoms with Crippen LogP contribution in [-0.2, 0) is 0 Å². The van der Waals surface area contributed by atoms with Crippen molar-refractivity contribution in [2.75, 3.05) is 0 Å². The molecule has 0 saturated heterocycles. The minimum absolute atomic E-state index is 0.507. The minimum Gasteiger partial charge on any atom is -0.328 e. The molecule has 4 heteroatoms. The van der Waals surface area contributed by atoms with Gasteiger partial charge in [0, 0.05) is 12.4 Å². The molecule has 13 heavy (non-hydrogen) atoms. The zero-order valence-corrected chi connectivity index (χ0v) is 6.81. The first-order valence-corrected chi connectivity index (χ1v) is 3.82. The zero-order valence-electron chi connectivity index (χ0n) is 6.81. The van der Waals surface area contributed by atoms with Crippen molar-refractivity contribution >= 4 is 11.6 Å². The molecule has 0 atom stereocenters. The third-order valence-corrected chi connectivity index (χ3v) is 1.44. The molecule has 0 aliphatic carbocycles. The molecule has 1 N–H and O–H groups in total. The first-order chi connectivity index (χ1) is 6.45. The molecule has 0 saturated carbocycles. The number of aromatic nitrogens is 2. The van der Waals surface area contributed by atoms with Gasteiger partial charge >= 0.3 is 0 Å². The molecule has 0 unspecified atom stereocenters. The van der Waals surface area contributed by atoms with Gasteiger partial charge in [0.2, 0.25) is 5.95 Å². The van der Waals surface area contributed by atoms with E-state index < -0.39 is 0 Å². The number of nitrogens with one attached hydrogen (secondary N) is 1. The lowest BCUT2D eigenvalue weighted by atomic mass is 10.3. The van der Waals surface area contributed by atoms with Crippen LogP contribution in [0, 0.1) is 6.07 Å². The fraction of sp³-hybridized carbons (Fsp3) is 0. The Labute approximate surface area is 75.4 Å². The van der Waals surface area contributed by atoms with Crippen molar-refractivity contribution in [3.8, 4) is 0 Å². The van der Waals surface area contributed by atoms with Gasteiger partial charge in [-0.05, 0) is 18.2 Å². The maximum Gasteiger partial charge on any atom is 0.246 e. The Morgan fingerprint density at radius 2 is 2.08 bits per heavy atom. The summed E-state index contributed by atoms with van der Waals surface area (Å²) in [6, 6.07) is 10.1. The topological polar surface area (TPSA) is 53.4 Å². The monoisotopic (exact) mass is 171 g/mol. The van der Waals surface area contributed by atoms with E-state index in [1.165, 1.54) is 0 Å². The van der Waals surface area contributed by atoms with Crippen LogP contribution in [0.5, 0.6) is 0 Å². The normalized spacial score (nSPS) is 10.8. The van der Waals surface area contributed by atoms with Crippen LogP contribution in [-0.4, -0.2) is 9.97 Å². The summed E-state index contributed by atoms with van der Waals surface area (Å²) in [7, 11) is 0. The number of aromatic amines is 1. The standard InChI is InChI=1S/C9H7N4/c1-2-4-8(5-3-1)12-13-9-10-6-7-11-9/h2-7H,(H,10,11). The number of hydrogen-bond donors (Lipinski definition) is 1. The summed E-state index contributed by atoms with van der Waals surface area (Å²) < 4.78 is 0. The van der Waals surface area contributed by atoms with Crippen molar-refractivity contribution < 1.29 is 0 Å². The predicted octanol–water partition coefficient (Wildman–Crippen LogP) is 2.63.